The maximum absolute atomic E-state index is 13.6. The van der Waals surface area contributed by atoms with Crippen molar-refractivity contribution in [2.75, 3.05) is 18.4 Å². The van der Waals surface area contributed by atoms with Crippen molar-refractivity contribution in [3.8, 4) is 11.8 Å². The van der Waals surface area contributed by atoms with Gasteiger partial charge < -0.3 is 20.3 Å². The summed E-state index contributed by atoms with van der Waals surface area (Å²) in [6.07, 6.45) is 0.468. The molecule has 37 heavy (non-hydrogen) atoms. The van der Waals surface area contributed by atoms with Crippen LogP contribution in [-0.2, 0) is 4.79 Å². The standard InChI is InChI=1S/C23H18F5N5O3S/c24-22(25)8-14(9-29)33(12-22)20(34)11-31-21(35)16-5-6-30-10-13(16)1-4-19-32-17-7-15(36-23(26,27)28)2-3-18(17)37-19/h1-7,10,14,19,32H,8,11-12H2,(H,31,35)/b4-1+. The number of nitrogens with zero attached hydrogens (tertiary/aromatic N) is 3. The van der Waals surface area contributed by atoms with E-state index in [9.17, 15) is 31.5 Å². The Morgan fingerprint density at radius 1 is 1.35 bits per heavy atom. The van der Waals surface area contributed by atoms with Crippen molar-refractivity contribution >= 4 is 35.3 Å². The number of hydrogen-bond acceptors (Lipinski definition) is 7. The molecule has 2 amide bonds. The first-order chi connectivity index (χ1) is 17.4. The van der Waals surface area contributed by atoms with Gasteiger partial charge in [-0.1, -0.05) is 23.9 Å². The van der Waals surface area contributed by atoms with Crippen LogP contribution in [0, 0.1) is 11.3 Å². The van der Waals surface area contributed by atoms with Crippen molar-refractivity contribution in [2.24, 2.45) is 0 Å². The van der Waals surface area contributed by atoms with Gasteiger partial charge >= 0.3 is 6.36 Å². The van der Waals surface area contributed by atoms with E-state index in [0.717, 1.165) is 4.90 Å². The third-order valence-corrected chi connectivity index (χ3v) is 6.56. The fourth-order valence-electron chi connectivity index (χ4n) is 3.81. The molecule has 2 aliphatic rings. The molecule has 2 aliphatic heterocycles. The zero-order valence-electron chi connectivity index (χ0n) is 18.8. The number of carbonyl (C=O) groups is 2. The minimum atomic E-state index is -4.81. The van der Waals surface area contributed by atoms with Gasteiger partial charge in [0, 0.05) is 40.9 Å². The van der Waals surface area contributed by atoms with Crippen molar-refractivity contribution in [3.63, 3.8) is 0 Å². The van der Waals surface area contributed by atoms with Crippen LogP contribution >= 0.6 is 11.8 Å². The summed E-state index contributed by atoms with van der Waals surface area (Å²) in [5.41, 5.74) is 0.991. The van der Waals surface area contributed by atoms with Crippen LogP contribution in [-0.4, -0.2) is 58.5 Å². The third kappa shape index (κ3) is 6.48. The first kappa shape index (κ1) is 26.2. The molecule has 1 fully saturated rings. The SMILES string of the molecule is N#CC1CC(F)(F)CN1C(=O)CNC(=O)c1ccncc1/C=C/C1Nc2cc(OC(F)(F)F)ccc2S1. The molecule has 0 saturated carbocycles. The fraction of sp³-hybridized carbons (Fsp3) is 0.304. The summed E-state index contributed by atoms with van der Waals surface area (Å²) in [4.78, 5) is 30.5. The predicted molar refractivity (Wildman–Crippen MR) is 123 cm³/mol. The Balaban J connectivity index is 1.38. The number of ether oxygens (including phenoxy) is 1. The maximum atomic E-state index is 13.6. The predicted octanol–water partition coefficient (Wildman–Crippen LogP) is 4.03. The fourth-order valence-corrected chi connectivity index (χ4v) is 4.82. The van der Waals surface area contributed by atoms with Gasteiger partial charge in [-0.3, -0.25) is 14.6 Å². The molecule has 4 rings (SSSR count). The van der Waals surface area contributed by atoms with Gasteiger partial charge in [-0.15, -0.1) is 13.2 Å². The number of likely N-dealkylation sites (tertiary alicyclic amines) is 1. The van der Waals surface area contributed by atoms with Crippen molar-refractivity contribution in [1.82, 2.24) is 15.2 Å². The zero-order chi connectivity index (χ0) is 26.8. The first-order valence-corrected chi connectivity index (χ1v) is 11.6. The maximum Gasteiger partial charge on any atom is 0.573 e. The van der Waals surface area contributed by atoms with Crippen LogP contribution in [0.2, 0.25) is 0 Å². The van der Waals surface area contributed by atoms with Gasteiger partial charge in [0.1, 0.15) is 11.8 Å². The topological polar surface area (TPSA) is 107 Å². The van der Waals surface area contributed by atoms with Crippen LogP contribution in [0.25, 0.3) is 6.08 Å². The van der Waals surface area contributed by atoms with Gasteiger partial charge in [0.15, 0.2) is 0 Å². The molecule has 0 radical (unpaired) electrons. The lowest BCUT2D eigenvalue weighted by Gasteiger charge is -2.19. The summed E-state index contributed by atoms with van der Waals surface area (Å²) in [6, 6.07) is 5.75. The van der Waals surface area contributed by atoms with Crippen molar-refractivity contribution in [2.45, 2.75) is 35.0 Å². The van der Waals surface area contributed by atoms with E-state index in [1.807, 2.05) is 0 Å². The minimum Gasteiger partial charge on any atom is -0.406 e. The molecule has 3 heterocycles. The Hall–Kier alpha value is -3.86. The molecule has 1 saturated heterocycles. The second kappa shape index (κ2) is 10.3. The van der Waals surface area contributed by atoms with Crippen LogP contribution in [0.3, 0.4) is 0 Å². The number of anilines is 1. The van der Waals surface area contributed by atoms with Crippen LogP contribution in [0.5, 0.6) is 5.75 Å². The zero-order valence-corrected chi connectivity index (χ0v) is 19.6. The smallest absolute Gasteiger partial charge is 0.406 e. The number of fused-ring (bicyclic) bond motifs is 1. The highest BCUT2D eigenvalue weighted by Crippen LogP contribution is 2.41. The number of nitrogens with one attached hydrogen (secondary N) is 2. The largest absolute Gasteiger partial charge is 0.573 e. The Morgan fingerprint density at radius 3 is 2.86 bits per heavy atom. The van der Waals surface area contributed by atoms with Crippen LogP contribution in [0.4, 0.5) is 27.6 Å². The molecule has 14 heteroatoms. The number of aromatic nitrogens is 1. The van der Waals surface area contributed by atoms with Gasteiger partial charge in [-0.25, -0.2) is 8.78 Å². The van der Waals surface area contributed by atoms with E-state index < -0.39 is 49.7 Å². The van der Waals surface area contributed by atoms with Gasteiger partial charge in [0.2, 0.25) is 5.91 Å². The van der Waals surface area contributed by atoms with Crippen molar-refractivity contribution in [1.29, 1.82) is 5.26 Å². The molecule has 8 nitrogen and oxygen atoms in total. The summed E-state index contributed by atoms with van der Waals surface area (Å²) in [7, 11) is 0. The van der Waals surface area contributed by atoms with E-state index in [-0.39, 0.29) is 16.7 Å². The van der Waals surface area contributed by atoms with Crippen LogP contribution in [0.15, 0.2) is 47.6 Å². The van der Waals surface area contributed by atoms with Gasteiger partial charge in [-0.2, -0.15) is 5.26 Å². The second-order valence-electron chi connectivity index (χ2n) is 8.12. The number of carbonyl (C=O) groups excluding carboxylic acids is 2. The average molecular weight is 539 g/mol. The number of hydrogen-bond donors (Lipinski definition) is 2. The molecule has 194 valence electrons. The highest BCUT2D eigenvalue weighted by atomic mass is 32.2. The lowest BCUT2D eigenvalue weighted by Crippen LogP contribution is -2.43. The molecule has 1 aromatic heterocycles. The second-order valence-corrected chi connectivity index (χ2v) is 9.30. The Bertz CT molecular complexity index is 1280. The normalized spacial score (nSPS) is 20.3. The molecular formula is C23H18F5N5O3S. The highest BCUT2D eigenvalue weighted by molar-refractivity contribution is 8.00. The average Bonchev–Trinajstić information content (AvgIpc) is 3.39. The Labute approximate surface area is 211 Å². The van der Waals surface area contributed by atoms with Gasteiger partial charge in [-0.05, 0) is 18.2 Å². The molecule has 1 aromatic carbocycles. The Morgan fingerprint density at radius 2 is 2.14 bits per heavy atom. The molecule has 2 aromatic rings. The van der Waals surface area contributed by atoms with Gasteiger partial charge in [0.05, 0.1) is 30.2 Å². The number of amides is 2. The number of thioether (sulfide) groups is 1. The Kier molecular flexibility index (Phi) is 7.26. The van der Waals surface area contributed by atoms with Crippen molar-refractivity contribution < 1.29 is 36.3 Å². The number of pyridine rings is 1. The summed E-state index contributed by atoms with van der Waals surface area (Å²) >= 11 is 1.33. The lowest BCUT2D eigenvalue weighted by atomic mass is 10.1. The summed E-state index contributed by atoms with van der Waals surface area (Å²) in [5.74, 6) is -4.98. The molecular weight excluding hydrogens is 521 g/mol. The van der Waals surface area contributed by atoms with Crippen LogP contribution in [0.1, 0.15) is 22.3 Å². The number of nitriles is 1. The number of alkyl halides is 5. The summed E-state index contributed by atoms with van der Waals surface area (Å²) in [6.45, 7) is -1.46. The van der Waals surface area contributed by atoms with E-state index in [0.29, 0.717) is 16.1 Å². The van der Waals surface area contributed by atoms with E-state index in [2.05, 4.69) is 20.4 Å². The highest BCUT2D eigenvalue weighted by Gasteiger charge is 2.47. The quantitative estimate of drug-likeness (QED) is 0.534. The van der Waals surface area contributed by atoms with E-state index in [1.165, 1.54) is 48.4 Å². The minimum absolute atomic E-state index is 0.156. The number of benzene rings is 1. The van der Waals surface area contributed by atoms with Crippen LogP contribution < -0.4 is 15.4 Å². The van der Waals surface area contributed by atoms with E-state index in [4.69, 9.17) is 5.26 Å². The summed E-state index contributed by atoms with van der Waals surface area (Å²) < 4.78 is 68.5. The molecule has 0 bridgehead atoms. The number of halogens is 5. The van der Waals surface area contributed by atoms with E-state index in [1.54, 1.807) is 18.2 Å². The molecule has 2 unspecified atom stereocenters. The molecule has 0 aliphatic carbocycles. The third-order valence-electron chi connectivity index (χ3n) is 5.42. The monoisotopic (exact) mass is 539 g/mol. The molecule has 0 spiro atoms. The number of rotatable bonds is 6. The first-order valence-electron chi connectivity index (χ1n) is 10.7. The van der Waals surface area contributed by atoms with E-state index >= 15 is 0 Å². The van der Waals surface area contributed by atoms with Gasteiger partial charge in [0.25, 0.3) is 11.8 Å². The lowest BCUT2D eigenvalue weighted by molar-refractivity contribution is -0.274. The molecule has 2 atom stereocenters. The summed E-state index contributed by atoms with van der Waals surface area (Å²) in [5, 5.41) is 14.1. The van der Waals surface area contributed by atoms with Crippen molar-refractivity contribution in [3.05, 3.63) is 53.9 Å². The molecule has 2 N–H and O–H groups in total.